The van der Waals surface area contributed by atoms with Crippen molar-refractivity contribution in [1.29, 1.82) is 0 Å². The summed E-state index contributed by atoms with van der Waals surface area (Å²) < 4.78 is 16.5. The molecule has 0 unspecified atom stereocenters. The second-order valence-corrected chi connectivity index (χ2v) is 7.69. The number of thiocarbonyl (C=S) groups is 1. The third-order valence-corrected chi connectivity index (χ3v) is 5.75. The molecule has 0 N–H and O–H groups in total. The molecule has 0 atom stereocenters. The van der Waals surface area contributed by atoms with Gasteiger partial charge in [-0.1, -0.05) is 48.2 Å². The molecule has 7 heteroatoms. The van der Waals surface area contributed by atoms with Crippen LogP contribution in [0.2, 0.25) is 0 Å². The second-order valence-electron chi connectivity index (χ2n) is 6.01. The molecule has 2 aromatic carbocycles. The molecule has 0 radical (unpaired) electrons. The summed E-state index contributed by atoms with van der Waals surface area (Å²) >= 11 is 6.74. The minimum Gasteiger partial charge on any atom is -0.496 e. The fourth-order valence-electron chi connectivity index (χ4n) is 2.90. The topological polar surface area (TPSA) is 48.0 Å². The predicted octanol–water partition coefficient (Wildman–Crippen LogP) is 4.16. The minimum atomic E-state index is -0.0821. The van der Waals surface area contributed by atoms with Gasteiger partial charge in [-0.05, 0) is 36.3 Å². The third kappa shape index (κ3) is 4.31. The van der Waals surface area contributed by atoms with E-state index in [0.717, 1.165) is 16.9 Å². The average molecular weight is 416 g/mol. The quantitative estimate of drug-likeness (QED) is 0.500. The lowest BCUT2D eigenvalue weighted by molar-refractivity contribution is -0.122. The summed E-state index contributed by atoms with van der Waals surface area (Å²) in [6.45, 7) is 0.503. The van der Waals surface area contributed by atoms with E-state index in [2.05, 4.69) is 0 Å². The van der Waals surface area contributed by atoms with Crippen LogP contribution in [0.4, 0.5) is 0 Å². The van der Waals surface area contributed by atoms with Crippen molar-refractivity contribution in [2.75, 3.05) is 27.9 Å². The number of amides is 1. The molecule has 1 aliphatic rings. The maximum absolute atomic E-state index is 12.8. The first-order chi connectivity index (χ1) is 13.6. The van der Waals surface area contributed by atoms with E-state index < -0.39 is 0 Å². The summed E-state index contributed by atoms with van der Waals surface area (Å²) in [6.07, 6.45) is 2.49. The highest BCUT2D eigenvalue weighted by molar-refractivity contribution is 8.26. The SMILES string of the molecule is COc1ccccc1/C=C1\SC(=S)N(CCc2ccc(OC)c(OC)c2)C1=O. The number of para-hydroxylation sites is 1. The molecule has 0 aromatic heterocycles. The largest absolute Gasteiger partial charge is 0.496 e. The van der Waals surface area contributed by atoms with Crippen LogP contribution >= 0.6 is 24.0 Å². The van der Waals surface area contributed by atoms with Crippen LogP contribution in [-0.2, 0) is 11.2 Å². The highest BCUT2D eigenvalue weighted by Crippen LogP contribution is 2.34. The van der Waals surface area contributed by atoms with Gasteiger partial charge in [-0.2, -0.15) is 0 Å². The van der Waals surface area contributed by atoms with Crippen molar-refractivity contribution >= 4 is 40.3 Å². The van der Waals surface area contributed by atoms with Gasteiger partial charge in [0.1, 0.15) is 10.1 Å². The number of nitrogens with zero attached hydrogens (tertiary/aromatic N) is 1. The number of ether oxygens (including phenoxy) is 3. The molecule has 2 aromatic rings. The summed E-state index contributed by atoms with van der Waals surface area (Å²) in [5.74, 6) is 1.98. The van der Waals surface area contributed by atoms with Gasteiger partial charge in [0, 0.05) is 12.1 Å². The Morgan fingerprint density at radius 2 is 1.71 bits per heavy atom. The zero-order valence-corrected chi connectivity index (χ0v) is 17.6. The fraction of sp³-hybridized carbons (Fsp3) is 0.238. The number of methoxy groups -OCH3 is 3. The van der Waals surface area contributed by atoms with Crippen molar-refractivity contribution in [2.45, 2.75) is 6.42 Å². The molecule has 0 saturated carbocycles. The molecule has 1 saturated heterocycles. The van der Waals surface area contributed by atoms with Crippen molar-refractivity contribution in [3.63, 3.8) is 0 Å². The first kappa shape index (κ1) is 20.2. The van der Waals surface area contributed by atoms with Crippen LogP contribution < -0.4 is 14.2 Å². The number of carbonyl (C=O) groups excluding carboxylic acids is 1. The van der Waals surface area contributed by atoms with Gasteiger partial charge in [0.15, 0.2) is 11.5 Å². The molecule has 0 bridgehead atoms. The van der Waals surface area contributed by atoms with Crippen molar-refractivity contribution < 1.29 is 19.0 Å². The van der Waals surface area contributed by atoms with Gasteiger partial charge in [-0.3, -0.25) is 9.69 Å². The number of carbonyl (C=O) groups is 1. The van der Waals surface area contributed by atoms with E-state index in [1.165, 1.54) is 11.8 Å². The lowest BCUT2D eigenvalue weighted by Crippen LogP contribution is -2.30. The van der Waals surface area contributed by atoms with Crippen LogP contribution in [0.3, 0.4) is 0 Å². The van der Waals surface area contributed by atoms with Crippen LogP contribution in [0.1, 0.15) is 11.1 Å². The molecule has 3 rings (SSSR count). The molecular formula is C21H21NO4S2. The minimum absolute atomic E-state index is 0.0821. The Morgan fingerprint density at radius 3 is 2.43 bits per heavy atom. The number of hydrogen-bond acceptors (Lipinski definition) is 6. The lowest BCUT2D eigenvalue weighted by atomic mass is 10.1. The number of hydrogen-bond donors (Lipinski definition) is 0. The van der Waals surface area contributed by atoms with E-state index in [1.807, 2.05) is 48.5 Å². The van der Waals surface area contributed by atoms with Gasteiger partial charge in [-0.25, -0.2) is 0 Å². The van der Waals surface area contributed by atoms with Gasteiger partial charge in [0.2, 0.25) is 0 Å². The normalized spacial score (nSPS) is 15.2. The maximum atomic E-state index is 12.8. The zero-order valence-electron chi connectivity index (χ0n) is 15.9. The Hall–Kier alpha value is -2.51. The molecule has 1 aliphatic heterocycles. The van der Waals surface area contributed by atoms with Gasteiger partial charge < -0.3 is 14.2 Å². The van der Waals surface area contributed by atoms with E-state index in [4.69, 9.17) is 26.4 Å². The van der Waals surface area contributed by atoms with Gasteiger partial charge >= 0.3 is 0 Å². The summed E-state index contributed by atoms with van der Waals surface area (Å²) in [6, 6.07) is 13.3. The Bertz CT molecular complexity index is 926. The van der Waals surface area contributed by atoms with E-state index in [-0.39, 0.29) is 5.91 Å². The number of thioether (sulfide) groups is 1. The Morgan fingerprint density at radius 1 is 1.00 bits per heavy atom. The highest BCUT2D eigenvalue weighted by Gasteiger charge is 2.31. The first-order valence-corrected chi connectivity index (χ1v) is 9.89. The number of rotatable bonds is 7. The summed E-state index contributed by atoms with van der Waals surface area (Å²) in [5.41, 5.74) is 1.89. The van der Waals surface area contributed by atoms with Gasteiger partial charge in [-0.15, -0.1) is 0 Å². The van der Waals surface area contributed by atoms with Crippen LogP contribution in [0.15, 0.2) is 47.4 Å². The second kappa shape index (κ2) is 9.12. The molecule has 1 heterocycles. The summed E-state index contributed by atoms with van der Waals surface area (Å²) in [7, 11) is 4.82. The Kier molecular flexibility index (Phi) is 6.59. The predicted molar refractivity (Wildman–Crippen MR) is 116 cm³/mol. The van der Waals surface area contributed by atoms with E-state index in [1.54, 1.807) is 26.2 Å². The highest BCUT2D eigenvalue weighted by atomic mass is 32.2. The Labute approximate surface area is 174 Å². The van der Waals surface area contributed by atoms with Crippen molar-refractivity contribution in [2.24, 2.45) is 0 Å². The third-order valence-electron chi connectivity index (χ3n) is 4.37. The molecule has 0 spiro atoms. The molecule has 1 fully saturated rings. The fourth-order valence-corrected chi connectivity index (χ4v) is 4.20. The van der Waals surface area contributed by atoms with E-state index in [9.17, 15) is 4.79 Å². The van der Waals surface area contributed by atoms with Gasteiger partial charge in [0.05, 0.1) is 26.2 Å². The molecule has 5 nitrogen and oxygen atoms in total. The smallest absolute Gasteiger partial charge is 0.266 e. The van der Waals surface area contributed by atoms with Crippen LogP contribution in [0, 0.1) is 0 Å². The first-order valence-electron chi connectivity index (χ1n) is 8.66. The van der Waals surface area contributed by atoms with Crippen LogP contribution in [0.25, 0.3) is 6.08 Å². The lowest BCUT2D eigenvalue weighted by Gasteiger charge is -2.15. The average Bonchev–Trinajstić information content (AvgIpc) is 2.99. The van der Waals surface area contributed by atoms with Crippen molar-refractivity contribution in [3.05, 3.63) is 58.5 Å². The van der Waals surface area contributed by atoms with Gasteiger partial charge in [0.25, 0.3) is 5.91 Å². The van der Waals surface area contributed by atoms with E-state index >= 15 is 0 Å². The van der Waals surface area contributed by atoms with Crippen molar-refractivity contribution in [1.82, 2.24) is 4.90 Å². The number of benzene rings is 2. The molecule has 0 aliphatic carbocycles. The van der Waals surface area contributed by atoms with Crippen LogP contribution in [0.5, 0.6) is 17.2 Å². The van der Waals surface area contributed by atoms with Crippen molar-refractivity contribution in [3.8, 4) is 17.2 Å². The Balaban J connectivity index is 1.73. The summed E-state index contributed by atoms with van der Waals surface area (Å²) in [5, 5.41) is 0. The maximum Gasteiger partial charge on any atom is 0.266 e. The molecule has 1 amide bonds. The summed E-state index contributed by atoms with van der Waals surface area (Å²) in [4.78, 5) is 15.1. The zero-order chi connectivity index (χ0) is 20.1. The monoisotopic (exact) mass is 415 g/mol. The van der Waals surface area contributed by atoms with E-state index in [0.29, 0.717) is 33.7 Å². The molecule has 28 heavy (non-hydrogen) atoms. The molecule has 146 valence electrons. The molecular weight excluding hydrogens is 394 g/mol. The van der Waals surface area contributed by atoms with Crippen LogP contribution in [-0.4, -0.2) is 43.0 Å². The standard InChI is InChI=1S/C21H21NO4S2/c1-24-16-7-5-4-6-15(16)13-19-20(23)22(21(27)28-19)11-10-14-8-9-17(25-2)18(12-14)26-3/h4-9,12-13H,10-11H2,1-3H3/b19-13-.